The fraction of sp³-hybridized carbons (Fsp3) is 0.375. The highest BCUT2D eigenvalue weighted by atomic mass is 32.2. The molecule has 16 heteroatoms. The maximum Gasteiger partial charge on any atom is 0.356 e. The van der Waals surface area contributed by atoms with Gasteiger partial charge in [-0.1, -0.05) is 19.9 Å². The Morgan fingerprint density at radius 1 is 1.04 bits per heavy atom. The van der Waals surface area contributed by atoms with E-state index in [2.05, 4.69) is 29.9 Å². The summed E-state index contributed by atoms with van der Waals surface area (Å²) in [5.41, 5.74) is 0.0881. The molecule has 6 aromatic rings. The van der Waals surface area contributed by atoms with Gasteiger partial charge in [0, 0.05) is 38.3 Å². The van der Waals surface area contributed by atoms with Gasteiger partial charge in [-0.05, 0) is 44.0 Å². The second-order valence-corrected chi connectivity index (χ2v) is 14.8. The molecule has 1 atom stereocenters. The van der Waals surface area contributed by atoms with Crippen molar-refractivity contribution >= 4 is 54.5 Å². The molecule has 8 rings (SSSR count). The Labute approximate surface area is 272 Å². The van der Waals surface area contributed by atoms with E-state index in [1.165, 1.54) is 35.0 Å². The minimum absolute atomic E-state index is 0.0340. The lowest BCUT2D eigenvalue weighted by molar-refractivity contribution is 0.264. The smallest absolute Gasteiger partial charge is 0.356 e. The number of hydrogen-bond donors (Lipinski definition) is 0. The number of benzene rings is 1. The molecule has 48 heavy (non-hydrogen) atoms. The zero-order valence-electron chi connectivity index (χ0n) is 26.3. The van der Waals surface area contributed by atoms with E-state index in [-0.39, 0.29) is 62.8 Å². The summed E-state index contributed by atoms with van der Waals surface area (Å²) in [6, 6.07) is 6.60. The number of aromatic nitrogens is 7. The van der Waals surface area contributed by atoms with Gasteiger partial charge in [0.15, 0.2) is 22.9 Å². The molecular formula is C32H31F2N9O4S. The first-order valence-corrected chi connectivity index (χ1v) is 17.2. The van der Waals surface area contributed by atoms with Gasteiger partial charge in [-0.15, -0.1) is 9.19 Å². The lowest BCUT2D eigenvalue weighted by atomic mass is 10.1. The van der Waals surface area contributed by atoms with Crippen LogP contribution >= 0.6 is 0 Å². The number of halogens is 2. The molecule has 0 N–H and O–H groups in total. The topological polar surface area (TPSA) is 145 Å². The van der Waals surface area contributed by atoms with Crippen molar-refractivity contribution in [2.45, 2.75) is 50.3 Å². The lowest BCUT2D eigenvalue weighted by Gasteiger charge is -2.40. The second-order valence-electron chi connectivity index (χ2n) is 12.7. The van der Waals surface area contributed by atoms with Crippen molar-refractivity contribution in [2.24, 2.45) is 0 Å². The number of hydrogen-bond acceptors (Lipinski definition) is 11. The third-order valence-corrected chi connectivity index (χ3v) is 11.0. The Morgan fingerprint density at radius 3 is 2.62 bits per heavy atom. The molecule has 2 fully saturated rings. The molecule has 2 bridgehead atoms. The van der Waals surface area contributed by atoms with Crippen LogP contribution in [0.4, 0.5) is 14.6 Å². The number of rotatable bonds is 6. The van der Waals surface area contributed by atoms with Crippen LogP contribution in [0.5, 0.6) is 0 Å². The highest BCUT2D eigenvalue weighted by Crippen LogP contribution is 2.34. The maximum atomic E-state index is 16.2. The summed E-state index contributed by atoms with van der Waals surface area (Å²) < 4.78 is 65.6. The van der Waals surface area contributed by atoms with Crippen LogP contribution in [0, 0.1) is 11.6 Å². The highest BCUT2D eigenvalue weighted by Gasteiger charge is 2.38. The number of piperazine rings is 1. The van der Waals surface area contributed by atoms with Gasteiger partial charge in [-0.25, -0.2) is 36.4 Å². The third-order valence-electron chi connectivity index (χ3n) is 9.02. The molecule has 5 aromatic heterocycles. The molecule has 1 aliphatic carbocycles. The summed E-state index contributed by atoms with van der Waals surface area (Å²) in [5.74, 6) is -1.23. The number of pyridine rings is 2. The van der Waals surface area contributed by atoms with Crippen molar-refractivity contribution in [3.63, 3.8) is 0 Å². The van der Waals surface area contributed by atoms with E-state index >= 15 is 8.78 Å². The highest BCUT2D eigenvalue weighted by molar-refractivity contribution is 7.90. The molecule has 1 unspecified atom stereocenters. The Kier molecular flexibility index (Phi) is 7.07. The van der Waals surface area contributed by atoms with Crippen LogP contribution < -0.4 is 10.6 Å². The van der Waals surface area contributed by atoms with Gasteiger partial charge in [-0.3, -0.25) is 4.98 Å². The fourth-order valence-electron chi connectivity index (χ4n) is 6.51. The first-order chi connectivity index (χ1) is 23.0. The van der Waals surface area contributed by atoms with Gasteiger partial charge in [0.05, 0.1) is 27.8 Å². The molecule has 6 heterocycles. The van der Waals surface area contributed by atoms with Gasteiger partial charge in [0.1, 0.15) is 34.6 Å². The van der Waals surface area contributed by atoms with Crippen molar-refractivity contribution in [1.29, 1.82) is 0 Å². The molecule has 0 amide bonds. The normalized spacial score (nSPS) is 17.8. The minimum atomic E-state index is -3.60. The van der Waals surface area contributed by atoms with Crippen molar-refractivity contribution in [1.82, 2.24) is 38.4 Å². The predicted molar refractivity (Wildman–Crippen MR) is 174 cm³/mol. The predicted octanol–water partition coefficient (Wildman–Crippen LogP) is 3.80. The first-order valence-electron chi connectivity index (χ1n) is 15.7. The van der Waals surface area contributed by atoms with Crippen LogP contribution in [-0.4, -0.2) is 84.8 Å². The van der Waals surface area contributed by atoms with E-state index in [9.17, 15) is 13.2 Å². The van der Waals surface area contributed by atoms with E-state index in [1.807, 2.05) is 25.8 Å². The third kappa shape index (κ3) is 4.92. The lowest BCUT2D eigenvalue weighted by Crippen LogP contribution is -2.53. The molecule has 0 radical (unpaired) electrons. The van der Waals surface area contributed by atoms with Gasteiger partial charge in [-0.2, -0.15) is 4.98 Å². The van der Waals surface area contributed by atoms with Crippen molar-refractivity contribution < 1.29 is 21.6 Å². The van der Waals surface area contributed by atoms with Crippen LogP contribution in [0.3, 0.4) is 0 Å². The fourth-order valence-corrected chi connectivity index (χ4v) is 7.94. The average Bonchev–Trinajstić information content (AvgIpc) is 3.80. The summed E-state index contributed by atoms with van der Waals surface area (Å²) in [7, 11) is -1.65. The summed E-state index contributed by atoms with van der Waals surface area (Å²) in [6.45, 7) is 5.34. The second kappa shape index (κ2) is 11.1. The summed E-state index contributed by atoms with van der Waals surface area (Å²) in [6.07, 6.45) is 4.18. The molecule has 1 saturated carbocycles. The van der Waals surface area contributed by atoms with Gasteiger partial charge in [0.2, 0.25) is 0 Å². The molecular weight excluding hydrogens is 644 g/mol. The van der Waals surface area contributed by atoms with E-state index in [0.717, 1.165) is 4.09 Å². The van der Waals surface area contributed by atoms with Crippen molar-refractivity contribution in [3.05, 3.63) is 76.5 Å². The van der Waals surface area contributed by atoms with Crippen LogP contribution in [0.15, 0.2) is 52.1 Å². The number of likely N-dealkylation sites (N-methyl/N-ethyl adjacent to an activating group) is 1. The Hall–Kier alpha value is -4.83. The molecule has 248 valence electrons. The summed E-state index contributed by atoms with van der Waals surface area (Å²) in [5, 5.41) is 3.89. The summed E-state index contributed by atoms with van der Waals surface area (Å²) >= 11 is 0. The van der Waals surface area contributed by atoms with Crippen LogP contribution in [0.1, 0.15) is 44.1 Å². The molecule has 1 saturated heterocycles. The molecule has 13 nitrogen and oxygen atoms in total. The zero-order chi connectivity index (χ0) is 33.5. The van der Waals surface area contributed by atoms with Crippen molar-refractivity contribution in [3.8, 4) is 0 Å². The van der Waals surface area contributed by atoms with E-state index in [0.29, 0.717) is 44.0 Å². The maximum absolute atomic E-state index is 16.2. The number of anilines is 1. The largest absolute Gasteiger partial charge is 0.454 e. The SMILES string of the molecule is CC(C)c1nccc2oc3cccc(F)c3c3nc4c(cc3F)c(N3CCN(C)CC3Cc3ncn(S(=O)(=O)C5CC5)n3)nc(=O)n4c12. The van der Waals surface area contributed by atoms with Crippen molar-refractivity contribution in [2.75, 3.05) is 31.6 Å². The molecule has 1 aliphatic heterocycles. The monoisotopic (exact) mass is 675 g/mol. The van der Waals surface area contributed by atoms with Gasteiger partial charge >= 0.3 is 5.69 Å². The van der Waals surface area contributed by atoms with Crippen LogP contribution in [0.25, 0.3) is 38.6 Å². The Balaban J connectivity index is 1.39. The van der Waals surface area contributed by atoms with Gasteiger partial charge in [0.25, 0.3) is 10.0 Å². The van der Waals surface area contributed by atoms with E-state index in [1.54, 1.807) is 12.3 Å². The van der Waals surface area contributed by atoms with Gasteiger partial charge < -0.3 is 14.2 Å². The first kappa shape index (κ1) is 30.5. The van der Waals surface area contributed by atoms with Crippen LogP contribution in [0.2, 0.25) is 0 Å². The number of fused-ring (bicyclic) bond motifs is 5. The van der Waals surface area contributed by atoms with E-state index in [4.69, 9.17) is 4.42 Å². The standard InChI is InChI=1S/C32H31F2N9O4S/c1-17(2)27-29-24(9-10-35-27)47-23-6-4-5-21(33)26(23)28-22(34)14-20-30(38-32(44)43(29)31(20)37-28)41-12-11-40(3)15-18(41)13-25-36-16-42(39-25)48(45,46)19-7-8-19/h4-6,9-10,14,16-19H,7-8,11-13,15H2,1-3H3. The van der Waals surface area contributed by atoms with Crippen LogP contribution in [-0.2, 0) is 16.4 Å². The zero-order valence-corrected chi connectivity index (χ0v) is 27.2. The molecule has 1 aromatic carbocycles. The minimum Gasteiger partial charge on any atom is -0.454 e. The van der Waals surface area contributed by atoms with E-state index < -0.39 is 32.6 Å². The molecule has 2 aliphatic rings. The Morgan fingerprint density at radius 2 is 1.85 bits per heavy atom. The Bertz CT molecular complexity index is 2470. The summed E-state index contributed by atoms with van der Waals surface area (Å²) in [4.78, 5) is 36.2. The number of nitrogens with zero attached hydrogens (tertiary/aromatic N) is 9. The average molecular weight is 676 g/mol. The molecule has 0 spiro atoms. The quantitative estimate of drug-likeness (QED) is 0.254.